The largest absolute Gasteiger partial charge is 0.322 e. The molecule has 0 aliphatic carbocycles. The molecule has 4 rings (SSSR count). The fraction of sp³-hybridized carbons (Fsp3) is 0. The highest BCUT2D eigenvalue weighted by Gasteiger charge is 2.14. The van der Waals surface area contributed by atoms with Gasteiger partial charge in [0.25, 0.3) is 5.91 Å². The maximum atomic E-state index is 13.0. The van der Waals surface area contributed by atoms with Crippen molar-refractivity contribution in [1.29, 1.82) is 0 Å². The number of carbonyl (C=O) groups excluding carboxylic acids is 1. The van der Waals surface area contributed by atoms with Crippen molar-refractivity contribution < 1.29 is 4.79 Å². The number of hydrogen-bond acceptors (Lipinski definition) is 2. The molecule has 4 aromatic rings. The van der Waals surface area contributed by atoms with E-state index in [0.29, 0.717) is 16.3 Å². The first-order valence-electron chi connectivity index (χ1n) is 8.33. The summed E-state index contributed by atoms with van der Waals surface area (Å²) in [6.45, 7) is 0. The molecule has 0 spiro atoms. The molecule has 1 N–H and O–H groups in total. The van der Waals surface area contributed by atoms with E-state index in [2.05, 4.69) is 21.2 Å². The van der Waals surface area contributed by atoms with Gasteiger partial charge in [-0.05, 0) is 48.5 Å². The molecule has 27 heavy (non-hydrogen) atoms. The van der Waals surface area contributed by atoms with Gasteiger partial charge >= 0.3 is 0 Å². The Morgan fingerprint density at radius 2 is 1.70 bits per heavy atom. The average molecular weight is 438 g/mol. The molecule has 3 aromatic carbocycles. The predicted octanol–water partition coefficient (Wildman–Crippen LogP) is 6.57. The average Bonchev–Trinajstić information content (AvgIpc) is 2.69. The fourth-order valence-electron chi connectivity index (χ4n) is 2.89. The molecule has 0 saturated heterocycles. The third-order valence-electron chi connectivity index (χ3n) is 4.18. The maximum Gasteiger partial charge on any atom is 0.256 e. The molecular weight excluding hydrogens is 424 g/mol. The molecule has 1 heterocycles. The molecule has 5 heteroatoms. The Bertz CT molecular complexity index is 1140. The maximum absolute atomic E-state index is 13.0. The summed E-state index contributed by atoms with van der Waals surface area (Å²) in [5, 5.41) is 4.37. The molecule has 0 radical (unpaired) electrons. The number of aromatic nitrogens is 1. The zero-order valence-electron chi connectivity index (χ0n) is 14.1. The molecule has 0 aliphatic heterocycles. The Balaban J connectivity index is 1.80. The number of benzene rings is 3. The predicted molar refractivity (Wildman–Crippen MR) is 114 cm³/mol. The van der Waals surface area contributed by atoms with Crippen molar-refractivity contribution in [3.05, 3.63) is 93.9 Å². The van der Waals surface area contributed by atoms with Crippen molar-refractivity contribution in [3.8, 4) is 11.3 Å². The highest BCUT2D eigenvalue weighted by molar-refractivity contribution is 9.10. The minimum atomic E-state index is -0.188. The number of pyridine rings is 1. The summed E-state index contributed by atoms with van der Waals surface area (Å²) in [5.74, 6) is -0.188. The second-order valence-electron chi connectivity index (χ2n) is 6.04. The van der Waals surface area contributed by atoms with E-state index in [9.17, 15) is 4.79 Å². The van der Waals surface area contributed by atoms with Crippen molar-refractivity contribution in [2.45, 2.75) is 0 Å². The number of rotatable bonds is 3. The SMILES string of the molecule is O=C(Nc1ccc(Cl)cc1)c1cc(-c2cccc(Br)c2)nc2ccccc12. The number of carbonyl (C=O) groups is 1. The Hall–Kier alpha value is -2.69. The van der Waals surface area contributed by atoms with E-state index in [0.717, 1.165) is 26.6 Å². The summed E-state index contributed by atoms with van der Waals surface area (Å²) in [5.41, 5.74) is 3.72. The molecule has 3 nitrogen and oxygen atoms in total. The van der Waals surface area contributed by atoms with Crippen LogP contribution in [0, 0.1) is 0 Å². The summed E-state index contributed by atoms with van der Waals surface area (Å²) in [6, 6.07) is 24.4. The summed E-state index contributed by atoms with van der Waals surface area (Å²) in [6.07, 6.45) is 0. The van der Waals surface area contributed by atoms with Gasteiger partial charge in [-0.1, -0.05) is 57.9 Å². The van der Waals surface area contributed by atoms with Gasteiger partial charge < -0.3 is 5.32 Å². The van der Waals surface area contributed by atoms with Crippen molar-refractivity contribution in [2.24, 2.45) is 0 Å². The zero-order chi connectivity index (χ0) is 18.8. The molecule has 0 fully saturated rings. The van der Waals surface area contributed by atoms with Crippen LogP contribution in [0.1, 0.15) is 10.4 Å². The van der Waals surface area contributed by atoms with E-state index in [1.165, 1.54) is 0 Å². The van der Waals surface area contributed by atoms with Gasteiger partial charge in [-0.3, -0.25) is 4.79 Å². The van der Waals surface area contributed by atoms with Gasteiger partial charge in [0.2, 0.25) is 0 Å². The standard InChI is InChI=1S/C22H14BrClN2O/c23-15-5-3-4-14(12-15)21-13-19(18-6-1-2-7-20(18)26-21)22(27)25-17-10-8-16(24)9-11-17/h1-13H,(H,25,27). The van der Waals surface area contributed by atoms with Crippen LogP contribution in [-0.4, -0.2) is 10.9 Å². The summed E-state index contributed by atoms with van der Waals surface area (Å²) < 4.78 is 0.960. The third kappa shape index (κ3) is 3.87. The van der Waals surface area contributed by atoms with Crippen LogP contribution in [0.2, 0.25) is 5.02 Å². The molecule has 0 aliphatic rings. The van der Waals surface area contributed by atoms with E-state index in [4.69, 9.17) is 16.6 Å². The minimum absolute atomic E-state index is 0.188. The Morgan fingerprint density at radius 1 is 0.926 bits per heavy atom. The van der Waals surface area contributed by atoms with E-state index >= 15 is 0 Å². The third-order valence-corrected chi connectivity index (χ3v) is 4.93. The van der Waals surface area contributed by atoms with Crippen molar-refractivity contribution in [3.63, 3.8) is 0 Å². The number of halogens is 2. The summed E-state index contributed by atoms with van der Waals surface area (Å²) >= 11 is 9.41. The number of para-hydroxylation sites is 1. The number of anilines is 1. The molecular formula is C22H14BrClN2O. The van der Waals surface area contributed by atoms with Crippen LogP contribution >= 0.6 is 27.5 Å². The van der Waals surface area contributed by atoms with Crippen LogP contribution in [0.4, 0.5) is 5.69 Å². The van der Waals surface area contributed by atoms with Gasteiger partial charge in [0.1, 0.15) is 0 Å². The minimum Gasteiger partial charge on any atom is -0.322 e. The normalized spacial score (nSPS) is 10.7. The Morgan fingerprint density at radius 3 is 2.48 bits per heavy atom. The topological polar surface area (TPSA) is 42.0 Å². The first-order chi connectivity index (χ1) is 13.1. The molecule has 1 amide bonds. The second kappa shape index (κ2) is 7.51. The van der Waals surface area contributed by atoms with E-state index in [-0.39, 0.29) is 5.91 Å². The van der Waals surface area contributed by atoms with Gasteiger partial charge in [-0.15, -0.1) is 0 Å². The number of nitrogens with one attached hydrogen (secondary N) is 1. The van der Waals surface area contributed by atoms with Crippen molar-refractivity contribution in [2.75, 3.05) is 5.32 Å². The first kappa shape index (κ1) is 17.7. The fourth-order valence-corrected chi connectivity index (χ4v) is 3.42. The number of fused-ring (bicyclic) bond motifs is 1. The number of hydrogen-bond donors (Lipinski definition) is 1. The van der Waals surface area contributed by atoms with Crippen LogP contribution in [0.3, 0.4) is 0 Å². The van der Waals surface area contributed by atoms with Crippen LogP contribution in [-0.2, 0) is 0 Å². The quantitative estimate of drug-likeness (QED) is 0.394. The summed E-state index contributed by atoms with van der Waals surface area (Å²) in [4.78, 5) is 17.7. The van der Waals surface area contributed by atoms with Crippen LogP contribution in [0.25, 0.3) is 22.2 Å². The zero-order valence-corrected chi connectivity index (χ0v) is 16.5. The smallest absolute Gasteiger partial charge is 0.256 e. The highest BCUT2D eigenvalue weighted by Crippen LogP contribution is 2.27. The lowest BCUT2D eigenvalue weighted by Gasteiger charge is -2.11. The Labute approximate surface area is 170 Å². The molecule has 0 atom stereocenters. The molecule has 1 aromatic heterocycles. The number of nitrogens with zero attached hydrogens (tertiary/aromatic N) is 1. The second-order valence-corrected chi connectivity index (χ2v) is 7.40. The van der Waals surface area contributed by atoms with Crippen molar-refractivity contribution in [1.82, 2.24) is 4.98 Å². The van der Waals surface area contributed by atoms with Crippen molar-refractivity contribution >= 4 is 50.0 Å². The highest BCUT2D eigenvalue weighted by atomic mass is 79.9. The lowest BCUT2D eigenvalue weighted by atomic mass is 10.0. The molecule has 0 saturated carbocycles. The van der Waals surface area contributed by atoms with Gasteiger partial charge in [0, 0.05) is 26.1 Å². The van der Waals surface area contributed by atoms with E-state index in [1.54, 1.807) is 24.3 Å². The monoisotopic (exact) mass is 436 g/mol. The van der Waals surface area contributed by atoms with Gasteiger partial charge in [-0.25, -0.2) is 4.98 Å². The lowest BCUT2D eigenvalue weighted by molar-refractivity contribution is 0.102. The van der Waals surface area contributed by atoms with Gasteiger partial charge in [0.05, 0.1) is 16.8 Å². The van der Waals surface area contributed by atoms with E-state index < -0.39 is 0 Å². The first-order valence-corrected chi connectivity index (χ1v) is 9.50. The lowest BCUT2D eigenvalue weighted by Crippen LogP contribution is -2.13. The van der Waals surface area contributed by atoms with Crippen LogP contribution in [0.5, 0.6) is 0 Å². The van der Waals surface area contributed by atoms with Crippen LogP contribution < -0.4 is 5.32 Å². The van der Waals surface area contributed by atoms with Crippen LogP contribution in [0.15, 0.2) is 83.3 Å². The molecule has 132 valence electrons. The molecule has 0 bridgehead atoms. The molecule has 0 unspecified atom stereocenters. The Kier molecular flexibility index (Phi) is 4.92. The number of amides is 1. The van der Waals surface area contributed by atoms with E-state index in [1.807, 2.05) is 54.6 Å². The van der Waals surface area contributed by atoms with Gasteiger partial charge in [-0.2, -0.15) is 0 Å². The van der Waals surface area contributed by atoms with Gasteiger partial charge in [0.15, 0.2) is 0 Å². The summed E-state index contributed by atoms with van der Waals surface area (Å²) in [7, 11) is 0.